The summed E-state index contributed by atoms with van der Waals surface area (Å²) in [7, 11) is -2.43. The minimum Gasteiger partial charge on any atom is -0.490 e. The standard InChI is InChI=1S/C15H23N3O5S/c1-3-4-7-16-8-10-17(11-9-16)24(21,22)13-5-6-15(23-2)14(12-13)18(19)20/h5-6,12H,3-4,7-11H2,1-2H3. The van der Waals surface area contributed by atoms with Crippen LogP contribution in [0.1, 0.15) is 19.8 Å². The molecule has 0 saturated carbocycles. The Morgan fingerprint density at radius 2 is 1.92 bits per heavy atom. The van der Waals surface area contributed by atoms with Crippen LogP contribution in [0.15, 0.2) is 23.1 Å². The summed E-state index contributed by atoms with van der Waals surface area (Å²) in [5.74, 6) is 0.0448. The van der Waals surface area contributed by atoms with Gasteiger partial charge in [-0.2, -0.15) is 4.31 Å². The van der Waals surface area contributed by atoms with Gasteiger partial charge in [-0.3, -0.25) is 10.1 Å². The molecule has 1 aliphatic rings. The molecule has 1 heterocycles. The van der Waals surface area contributed by atoms with Gasteiger partial charge in [0.2, 0.25) is 10.0 Å². The Morgan fingerprint density at radius 3 is 2.46 bits per heavy atom. The van der Waals surface area contributed by atoms with Crippen LogP contribution in [0.25, 0.3) is 0 Å². The van der Waals surface area contributed by atoms with Crippen LogP contribution >= 0.6 is 0 Å². The molecule has 0 unspecified atom stereocenters. The molecular weight excluding hydrogens is 334 g/mol. The maximum absolute atomic E-state index is 12.7. The van der Waals surface area contributed by atoms with E-state index in [1.165, 1.54) is 23.5 Å². The van der Waals surface area contributed by atoms with Crippen LogP contribution in [0, 0.1) is 10.1 Å². The van der Waals surface area contributed by atoms with Gasteiger partial charge in [-0.1, -0.05) is 13.3 Å². The number of nitrogens with zero attached hydrogens (tertiary/aromatic N) is 3. The molecule has 1 aromatic rings. The number of benzene rings is 1. The van der Waals surface area contributed by atoms with Gasteiger partial charge in [0.05, 0.1) is 16.9 Å². The van der Waals surface area contributed by atoms with Gasteiger partial charge >= 0.3 is 5.69 Å². The number of unbranched alkanes of at least 4 members (excludes halogenated alkanes) is 1. The van der Waals surface area contributed by atoms with Gasteiger partial charge < -0.3 is 9.64 Å². The molecule has 0 radical (unpaired) electrons. The first-order valence-corrected chi connectivity index (χ1v) is 9.39. The number of methoxy groups -OCH3 is 1. The highest BCUT2D eigenvalue weighted by molar-refractivity contribution is 7.89. The molecule has 0 N–H and O–H groups in total. The summed E-state index contributed by atoms with van der Waals surface area (Å²) in [5.41, 5.74) is -0.347. The number of nitro benzene ring substituents is 1. The number of nitro groups is 1. The third-order valence-electron chi connectivity index (χ3n) is 4.14. The van der Waals surface area contributed by atoms with Gasteiger partial charge in [0, 0.05) is 32.2 Å². The minimum atomic E-state index is -3.74. The molecule has 134 valence electrons. The second kappa shape index (κ2) is 7.91. The zero-order chi connectivity index (χ0) is 17.7. The molecule has 1 aromatic carbocycles. The van der Waals surface area contributed by atoms with Crippen LogP contribution in [0.4, 0.5) is 5.69 Å². The summed E-state index contributed by atoms with van der Waals surface area (Å²) < 4.78 is 31.8. The fourth-order valence-corrected chi connectivity index (χ4v) is 4.14. The maximum atomic E-state index is 12.7. The Bertz CT molecular complexity index is 684. The highest BCUT2D eigenvalue weighted by Crippen LogP contribution is 2.30. The Labute approximate surface area is 142 Å². The molecule has 1 fully saturated rings. The fourth-order valence-electron chi connectivity index (χ4n) is 2.70. The maximum Gasteiger partial charge on any atom is 0.312 e. The Hall–Kier alpha value is -1.71. The molecule has 0 spiro atoms. The van der Waals surface area contributed by atoms with Gasteiger partial charge in [-0.15, -0.1) is 0 Å². The molecule has 0 bridgehead atoms. The van der Waals surface area contributed by atoms with Gasteiger partial charge in [0.1, 0.15) is 0 Å². The van der Waals surface area contributed by atoms with Crippen molar-refractivity contribution >= 4 is 15.7 Å². The normalized spacial score (nSPS) is 16.9. The summed E-state index contributed by atoms with van der Waals surface area (Å²) in [5, 5.41) is 11.1. The SMILES string of the molecule is CCCCN1CCN(S(=O)(=O)c2ccc(OC)c([N+](=O)[O-])c2)CC1. The van der Waals surface area contributed by atoms with Crippen molar-refractivity contribution in [2.24, 2.45) is 0 Å². The summed E-state index contributed by atoms with van der Waals surface area (Å²) in [6.07, 6.45) is 2.20. The lowest BCUT2D eigenvalue weighted by Gasteiger charge is -2.33. The molecule has 1 aliphatic heterocycles. The van der Waals surface area contributed by atoms with Crippen LogP contribution < -0.4 is 4.74 Å². The van der Waals surface area contributed by atoms with Crippen molar-refractivity contribution < 1.29 is 18.1 Å². The van der Waals surface area contributed by atoms with Gasteiger partial charge in [0.25, 0.3) is 0 Å². The number of hydrogen-bond donors (Lipinski definition) is 0. The zero-order valence-electron chi connectivity index (χ0n) is 14.0. The van der Waals surface area contributed by atoms with Gasteiger partial charge in [-0.25, -0.2) is 8.42 Å². The molecule has 0 amide bonds. The quantitative estimate of drug-likeness (QED) is 0.545. The average molecular weight is 357 g/mol. The highest BCUT2D eigenvalue weighted by Gasteiger charge is 2.30. The predicted octanol–water partition coefficient (Wildman–Crippen LogP) is 1.71. The van der Waals surface area contributed by atoms with E-state index in [0.717, 1.165) is 25.5 Å². The minimum absolute atomic E-state index is 0.0448. The van der Waals surface area contributed by atoms with E-state index in [9.17, 15) is 18.5 Å². The molecule has 0 aromatic heterocycles. The van der Waals surface area contributed by atoms with E-state index in [-0.39, 0.29) is 16.3 Å². The van der Waals surface area contributed by atoms with Crippen molar-refractivity contribution in [3.8, 4) is 5.75 Å². The lowest BCUT2D eigenvalue weighted by Crippen LogP contribution is -2.48. The summed E-state index contributed by atoms with van der Waals surface area (Å²) >= 11 is 0. The van der Waals surface area contributed by atoms with Crippen LogP contribution in [0.3, 0.4) is 0 Å². The van der Waals surface area contributed by atoms with E-state index in [4.69, 9.17) is 4.74 Å². The van der Waals surface area contributed by atoms with Crippen molar-refractivity contribution in [1.82, 2.24) is 9.21 Å². The van der Waals surface area contributed by atoms with Crippen molar-refractivity contribution in [3.63, 3.8) is 0 Å². The molecule has 2 rings (SSSR count). The van der Waals surface area contributed by atoms with E-state index in [0.29, 0.717) is 26.2 Å². The van der Waals surface area contributed by atoms with E-state index in [1.54, 1.807) is 0 Å². The fraction of sp³-hybridized carbons (Fsp3) is 0.600. The number of ether oxygens (including phenoxy) is 1. The molecule has 8 nitrogen and oxygen atoms in total. The average Bonchev–Trinajstić information content (AvgIpc) is 2.59. The third kappa shape index (κ3) is 4.03. The topological polar surface area (TPSA) is 93.0 Å². The number of hydrogen-bond acceptors (Lipinski definition) is 6. The Balaban J connectivity index is 2.16. The van der Waals surface area contributed by atoms with E-state index < -0.39 is 14.9 Å². The van der Waals surface area contributed by atoms with Crippen LogP contribution in [-0.2, 0) is 10.0 Å². The van der Waals surface area contributed by atoms with Gasteiger partial charge in [-0.05, 0) is 25.1 Å². The number of sulfonamides is 1. The number of rotatable bonds is 7. The van der Waals surface area contributed by atoms with Crippen LogP contribution in [0.2, 0.25) is 0 Å². The first-order valence-electron chi connectivity index (χ1n) is 7.95. The van der Waals surface area contributed by atoms with Crippen molar-refractivity contribution in [2.75, 3.05) is 39.8 Å². The van der Waals surface area contributed by atoms with Crippen LogP contribution in [0.5, 0.6) is 5.75 Å². The smallest absolute Gasteiger partial charge is 0.312 e. The number of piperazine rings is 1. The zero-order valence-corrected chi connectivity index (χ0v) is 14.8. The third-order valence-corrected chi connectivity index (χ3v) is 6.04. The highest BCUT2D eigenvalue weighted by atomic mass is 32.2. The van der Waals surface area contributed by atoms with Crippen molar-refractivity contribution in [1.29, 1.82) is 0 Å². The second-order valence-electron chi connectivity index (χ2n) is 5.69. The molecule has 9 heteroatoms. The van der Waals surface area contributed by atoms with E-state index in [2.05, 4.69) is 11.8 Å². The largest absolute Gasteiger partial charge is 0.490 e. The van der Waals surface area contributed by atoms with Gasteiger partial charge in [0.15, 0.2) is 5.75 Å². The first-order chi connectivity index (χ1) is 11.4. The monoisotopic (exact) mass is 357 g/mol. The lowest BCUT2D eigenvalue weighted by molar-refractivity contribution is -0.386. The molecule has 0 aliphatic carbocycles. The summed E-state index contributed by atoms with van der Waals surface area (Å²) in [6.45, 7) is 5.24. The van der Waals surface area contributed by atoms with Crippen LogP contribution in [-0.4, -0.2) is 62.4 Å². The summed E-state index contributed by atoms with van der Waals surface area (Å²) in [6, 6.07) is 3.74. The Morgan fingerprint density at radius 1 is 1.25 bits per heavy atom. The summed E-state index contributed by atoms with van der Waals surface area (Å²) in [4.78, 5) is 12.6. The Kier molecular flexibility index (Phi) is 6.14. The predicted molar refractivity (Wildman–Crippen MR) is 89.8 cm³/mol. The first kappa shape index (κ1) is 18.6. The van der Waals surface area contributed by atoms with Crippen molar-refractivity contribution in [2.45, 2.75) is 24.7 Å². The van der Waals surface area contributed by atoms with E-state index >= 15 is 0 Å². The lowest BCUT2D eigenvalue weighted by atomic mass is 10.3. The van der Waals surface area contributed by atoms with E-state index in [1.807, 2.05) is 0 Å². The van der Waals surface area contributed by atoms with Crippen molar-refractivity contribution in [3.05, 3.63) is 28.3 Å². The second-order valence-corrected chi connectivity index (χ2v) is 7.63. The molecule has 24 heavy (non-hydrogen) atoms. The molecule has 0 atom stereocenters. The molecular formula is C15H23N3O5S. The molecule has 1 saturated heterocycles.